The van der Waals surface area contributed by atoms with Gasteiger partial charge in [-0.1, -0.05) is 164 Å². The smallest absolute Gasteiger partial charge is 0.0561 e. The van der Waals surface area contributed by atoms with Gasteiger partial charge in [0.05, 0.1) is 16.7 Å². The van der Waals surface area contributed by atoms with Crippen LogP contribution in [0.1, 0.15) is 0 Å². The summed E-state index contributed by atoms with van der Waals surface area (Å²) in [4.78, 5) is 2.43. The quantitative estimate of drug-likeness (QED) is 0.152. The van der Waals surface area contributed by atoms with Crippen LogP contribution in [0, 0.1) is 0 Å². The van der Waals surface area contributed by atoms with Crippen LogP contribution in [-0.2, 0) is 0 Å². The zero-order chi connectivity index (χ0) is 37.3. The largest absolute Gasteiger partial charge is 0.310 e. The molecule has 0 aliphatic carbocycles. The fourth-order valence-electron chi connectivity index (χ4n) is 8.12. The lowest BCUT2D eigenvalue weighted by Gasteiger charge is -2.28. The molecule has 0 aliphatic rings. The van der Waals surface area contributed by atoms with Crippen molar-refractivity contribution in [2.75, 3.05) is 4.90 Å². The van der Waals surface area contributed by atoms with Crippen molar-refractivity contribution in [3.63, 3.8) is 0 Å². The molecule has 0 aliphatic heterocycles. The molecule has 0 saturated heterocycles. The minimum Gasteiger partial charge on any atom is -0.310 e. The Labute approximate surface area is 327 Å². The first kappa shape index (κ1) is 33.2. The number of fused-ring (bicyclic) bond motifs is 3. The molecule has 1 heterocycles. The van der Waals surface area contributed by atoms with Crippen LogP contribution in [0.4, 0.5) is 17.1 Å². The van der Waals surface area contributed by atoms with Gasteiger partial charge in [0.15, 0.2) is 0 Å². The van der Waals surface area contributed by atoms with Crippen LogP contribution in [0.3, 0.4) is 0 Å². The molecule has 10 aromatic rings. The van der Waals surface area contributed by atoms with E-state index in [9.17, 15) is 0 Å². The molecule has 2 nitrogen and oxygen atoms in total. The molecule has 2 heteroatoms. The maximum absolute atomic E-state index is 2.43. The van der Waals surface area contributed by atoms with Gasteiger partial charge >= 0.3 is 0 Å². The monoisotopic (exact) mass is 714 g/mol. The highest BCUT2D eigenvalue weighted by Gasteiger charge is 2.20. The molecular weight excluding hydrogens is 677 g/mol. The first-order valence-electron chi connectivity index (χ1n) is 19.2. The number of nitrogens with zero attached hydrogens (tertiary/aromatic N) is 2. The molecule has 1 aromatic heterocycles. The first-order chi connectivity index (χ1) is 27.8. The fraction of sp³-hybridized carbons (Fsp3) is 0. The van der Waals surface area contributed by atoms with Crippen LogP contribution in [0.25, 0.3) is 72.0 Å². The van der Waals surface area contributed by atoms with Crippen molar-refractivity contribution >= 4 is 38.9 Å². The topological polar surface area (TPSA) is 8.17 Å². The first-order valence-corrected chi connectivity index (χ1v) is 19.2. The summed E-state index contributed by atoms with van der Waals surface area (Å²) in [6.07, 6.45) is 0. The Hall–Kier alpha value is -7.42. The highest BCUT2D eigenvalue weighted by molar-refractivity contribution is 6.10. The maximum atomic E-state index is 2.43. The van der Waals surface area contributed by atoms with E-state index in [4.69, 9.17) is 0 Å². The minimum absolute atomic E-state index is 1.08. The molecule has 56 heavy (non-hydrogen) atoms. The number of rotatable bonds is 8. The van der Waals surface area contributed by atoms with Crippen molar-refractivity contribution in [2.24, 2.45) is 0 Å². The predicted octanol–water partition coefficient (Wildman–Crippen LogP) is 14.9. The van der Waals surface area contributed by atoms with Gasteiger partial charge in [0, 0.05) is 33.4 Å². The summed E-state index contributed by atoms with van der Waals surface area (Å²) >= 11 is 0. The maximum Gasteiger partial charge on any atom is 0.0561 e. The Bertz CT molecular complexity index is 2890. The molecule has 0 N–H and O–H groups in total. The van der Waals surface area contributed by atoms with E-state index in [0.29, 0.717) is 0 Å². The fourth-order valence-corrected chi connectivity index (χ4v) is 8.12. The van der Waals surface area contributed by atoms with Gasteiger partial charge in [-0.3, -0.25) is 0 Å². The van der Waals surface area contributed by atoms with E-state index in [1.54, 1.807) is 0 Å². The SMILES string of the molecule is c1ccc(-c2cc(-c3ccccc3)cc(-c3cccc(N(c4ccc5c6ccccc6n(-c6ccccc6)c5c4)c4ccccc4-c4ccccc4)c3)c2)cc1. The molecule has 0 atom stereocenters. The third-order valence-electron chi connectivity index (χ3n) is 10.7. The Morgan fingerprint density at radius 2 is 0.786 bits per heavy atom. The van der Waals surface area contributed by atoms with Gasteiger partial charge in [-0.2, -0.15) is 0 Å². The third kappa shape index (κ3) is 6.14. The summed E-state index contributed by atoms with van der Waals surface area (Å²) in [5, 5.41) is 2.47. The highest BCUT2D eigenvalue weighted by atomic mass is 15.1. The lowest BCUT2D eigenvalue weighted by molar-refractivity contribution is 1.18. The standard InChI is InChI=1S/C54H38N2/c1-5-18-39(19-6-1)43-34-44(40-20-7-2-8-21-40)36-45(35-43)42-24-17-27-47(37-42)55(52-30-15-13-28-49(52)41-22-9-3-10-23-41)48-32-33-51-50-29-14-16-31-53(50)56(54(51)38-48)46-25-11-4-12-26-46/h1-38H. The van der Waals surface area contributed by atoms with E-state index in [-0.39, 0.29) is 0 Å². The highest BCUT2D eigenvalue weighted by Crippen LogP contribution is 2.44. The second-order valence-corrected chi connectivity index (χ2v) is 14.2. The van der Waals surface area contributed by atoms with Crippen LogP contribution in [0.15, 0.2) is 231 Å². The summed E-state index contributed by atoms with van der Waals surface area (Å²) in [7, 11) is 0. The number of benzene rings is 9. The Morgan fingerprint density at radius 1 is 0.286 bits per heavy atom. The minimum atomic E-state index is 1.08. The number of para-hydroxylation sites is 3. The second-order valence-electron chi connectivity index (χ2n) is 14.2. The number of hydrogen-bond donors (Lipinski definition) is 0. The molecular formula is C54H38N2. The summed E-state index contributed by atoms with van der Waals surface area (Å²) in [6.45, 7) is 0. The Morgan fingerprint density at radius 3 is 1.46 bits per heavy atom. The summed E-state index contributed by atoms with van der Waals surface area (Å²) in [6, 6.07) is 83.2. The third-order valence-corrected chi connectivity index (χ3v) is 10.7. The van der Waals surface area contributed by atoms with Crippen molar-refractivity contribution < 1.29 is 0 Å². The zero-order valence-electron chi connectivity index (χ0n) is 30.8. The number of anilines is 3. The van der Waals surface area contributed by atoms with E-state index >= 15 is 0 Å². The van der Waals surface area contributed by atoms with Gasteiger partial charge < -0.3 is 9.47 Å². The number of hydrogen-bond acceptors (Lipinski definition) is 1. The van der Waals surface area contributed by atoms with Crippen LogP contribution >= 0.6 is 0 Å². The lowest BCUT2D eigenvalue weighted by atomic mass is 9.93. The molecule has 10 rings (SSSR count). The van der Waals surface area contributed by atoms with E-state index in [1.165, 1.54) is 55.2 Å². The van der Waals surface area contributed by atoms with E-state index < -0.39 is 0 Å². The summed E-state index contributed by atoms with van der Waals surface area (Å²) in [5.41, 5.74) is 16.2. The van der Waals surface area contributed by atoms with E-state index in [1.807, 2.05) is 0 Å². The van der Waals surface area contributed by atoms with E-state index in [0.717, 1.165) is 33.8 Å². The van der Waals surface area contributed by atoms with Crippen molar-refractivity contribution in [3.8, 4) is 50.2 Å². The van der Waals surface area contributed by atoms with E-state index in [2.05, 4.69) is 240 Å². The van der Waals surface area contributed by atoms with Crippen molar-refractivity contribution in [2.45, 2.75) is 0 Å². The van der Waals surface area contributed by atoms with Gasteiger partial charge in [-0.05, 0) is 106 Å². The van der Waals surface area contributed by atoms with Gasteiger partial charge in [0.2, 0.25) is 0 Å². The van der Waals surface area contributed by atoms with Gasteiger partial charge in [0.25, 0.3) is 0 Å². The normalized spacial score (nSPS) is 11.2. The molecule has 9 aromatic carbocycles. The van der Waals surface area contributed by atoms with Crippen LogP contribution in [0.2, 0.25) is 0 Å². The van der Waals surface area contributed by atoms with Gasteiger partial charge in [-0.15, -0.1) is 0 Å². The summed E-state index contributed by atoms with van der Waals surface area (Å²) in [5.74, 6) is 0. The molecule has 0 radical (unpaired) electrons. The van der Waals surface area contributed by atoms with Crippen molar-refractivity contribution in [1.82, 2.24) is 4.57 Å². The van der Waals surface area contributed by atoms with Gasteiger partial charge in [0.1, 0.15) is 0 Å². The Kier molecular flexibility index (Phi) is 8.55. The second kappa shape index (κ2) is 14.4. The van der Waals surface area contributed by atoms with Crippen LogP contribution in [0.5, 0.6) is 0 Å². The average molecular weight is 715 g/mol. The molecule has 0 saturated carbocycles. The summed E-state index contributed by atoms with van der Waals surface area (Å²) < 4.78 is 2.39. The molecule has 0 fully saturated rings. The molecule has 264 valence electrons. The lowest BCUT2D eigenvalue weighted by Crippen LogP contribution is -2.11. The Balaban J connectivity index is 1.20. The van der Waals surface area contributed by atoms with Crippen molar-refractivity contribution in [3.05, 3.63) is 231 Å². The zero-order valence-corrected chi connectivity index (χ0v) is 30.8. The molecule has 0 bridgehead atoms. The average Bonchev–Trinajstić information content (AvgIpc) is 3.61. The number of aromatic nitrogens is 1. The molecule has 0 amide bonds. The molecule has 0 unspecified atom stereocenters. The van der Waals surface area contributed by atoms with Crippen LogP contribution < -0.4 is 4.90 Å². The molecule has 0 spiro atoms. The predicted molar refractivity (Wildman–Crippen MR) is 237 cm³/mol. The van der Waals surface area contributed by atoms with Crippen molar-refractivity contribution in [1.29, 1.82) is 0 Å². The van der Waals surface area contributed by atoms with Crippen LogP contribution in [-0.4, -0.2) is 4.57 Å². The van der Waals surface area contributed by atoms with Gasteiger partial charge in [-0.25, -0.2) is 0 Å².